The number of fused-ring (bicyclic) bond motifs is 2. The molecule has 2 fully saturated rings. The molecular formula is C38H45N3O8. The maximum Gasteiger partial charge on any atom is 0.313 e. The molecule has 4 aliphatic rings. The SMILES string of the molecule is CC[C@@H](CO)N1C(=O)[C@H]2[C@@H]3C(=O)O[C@H](c4ccccc4)[C@@H](COC)NC(=O)CC/C=C\CN(c4c(C)cccc4C)C(=O)[C@H]1[C@@]21C=C[C@@H]3O1. The number of esters is 1. The van der Waals surface area contributed by atoms with Gasteiger partial charge < -0.3 is 34.4 Å². The number of nitrogens with one attached hydrogen (secondary N) is 1. The third-order valence-electron chi connectivity index (χ3n) is 10.3. The number of rotatable bonds is 7. The quantitative estimate of drug-likeness (QED) is 0.338. The average molecular weight is 672 g/mol. The third kappa shape index (κ3) is 6.08. The fraction of sp³-hybridized carbons (Fsp3) is 0.474. The second-order valence-electron chi connectivity index (χ2n) is 13.3. The van der Waals surface area contributed by atoms with Gasteiger partial charge in [0.2, 0.25) is 11.8 Å². The van der Waals surface area contributed by atoms with E-state index in [2.05, 4.69) is 5.32 Å². The number of carbonyl (C=O) groups excluding carboxylic acids is 4. The van der Waals surface area contributed by atoms with Crippen LogP contribution in [-0.2, 0) is 33.4 Å². The molecule has 0 saturated carbocycles. The molecule has 6 rings (SSSR count). The molecule has 11 nitrogen and oxygen atoms in total. The Kier molecular flexibility index (Phi) is 10.1. The zero-order valence-electron chi connectivity index (χ0n) is 28.4. The Bertz CT molecular complexity index is 1620. The van der Waals surface area contributed by atoms with E-state index in [0.29, 0.717) is 24.1 Å². The van der Waals surface area contributed by atoms with Crippen LogP contribution >= 0.6 is 0 Å². The van der Waals surface area contributed by atoms with Crippen LogP contribution < -0.4 is 10.2 Å². The van der Waals surface area contributed by atoms with Crippen molar-refractivity contribution in [2.45, 2.75) is 76.0 Å². The van der Waals surface area contributed by atoms with Crippen molar-refractivity contribution in [3.8, 4) is 0 Å². The number of hydrogen-bond acceptors (Lipinski definition) is 8. The van der Waals surface area contributed by atoms with Crippen molar-refractivity contribution in [2.75, 3.05) is 31.8 Å². The molecular weight excluding hydrogens is 626 g/mol. The molecule has 2 saturated heterocycles. The van der Waals surface area contributed by atoms with Crippen LogP contribution in [0.15, 0.2) is 72.8 Å². The Morgan fingerprint density at radius 3 is 2.43 bits per heavy atom. The van der Waals surface area contributed by atoms with Crippen molar-refractivity contribution in [1.29, 1.82) is 0 Å². The minimum absolute atomic E-state index is 0.0645. The van der Waals surface area contributed by atoms with E-state index in [-0.39, 0.29) is 38.0 Å². The number of likely N-dealkylation sites (tertiary alicyclic amines) is 1. The number of methoxy groups -OCH3 is 1. The molecule has 260 valence electrons. The lowest BCUT2D eigenvalue weighted by Gasteiger charge is -2.39. The van der Waals surface area contributed by atoms with E-state index in [1.165, 1.54) is 12.0 Å². The van der Waals surface area contributed by atoms with Gasteiger partial charge >= 0.3 is 5.97 Å². The number of allylic oxidation sites excluding steroid dienone is 1. The monoisotopic (exact) mass is 671 g/mol. The summed E-state index contributed by atoms with van der Waals surface area (Å²) in [6.45, 7) is 5.57. The van der Waals surface area contributed by atoms with Gasteiger partial charge in [-0.25, -0.2) is 0 Å². The summed E-state index contributed by atoms with van der Waals surface area (Å²) in [4.78, 5) is 60.5. The second-order valence-corrected chi connectivity index (χ2v) is 13.3. The van der Waals surface area contributed by atoms with Crippen molar-refractivity contribution in [3.63, 3.8) is 0 Å². The lowest BCUT2D eigenvalue weighted by Crippen LogP contribution is -2.58. The van der Waals surface area contributed by atoms with Gasteiger partial charge in [0.05, 0.1) is 37.3 Å². The molecule has 2 aromatic carbocycles. The molecule has 4 heterocycles. The number of amides is 3. The standard InChI is InChI=1S/C38H45N3O8/c1-5-26(21-42)41-34-36(45)40(32-23(2)13-12-14-24(32)3)20-11-7-10-17-29(43)39-27(22-47-4)33(25-15-8-6-9-16-25)48-37(46)30-28-18-19-38(34,49-28)31(30)35(41)44/h6-9,11-16,18-19,26-28,30-31,33-34,42H,5,10,17,20-22H2,1-4H3,(H,39,43)/b11-7-/t26-,27+,28-,30+,31+,33+,34-,38+/m0/s1. The van der Waals surface area contributed by atoms with Gasteiger partial charge in [0.15, 0.2) is 0 Å². The van der Waals surface area contributed by atoms with E-state index in [1.807, 2.05) is 81.5 Å². The van der Waals surface area contributed by atoms with E-state index in [0.717, 1.165) is 11.1 Å². The second kappa shape index (κ2) is 14.3. The van der Waals surface area contributed by atoms with Crippen LogP contribution in [0.2, 0.25) is 0 Å². The zero-order valence-corrected chi connectivity index (χ0v) is 28.4. The van der Waals surface area contributed by atoms with Crippen LogP contribution in [0.5, 0.6) is 0 Å². The van der Waals surface area contributed by atoms with Crippen LogP contribution in [0.1, 0.15) is 49.0 Å². The van der Waals surface area contributed by atoms with E-state index < -0.39 is 59.6 Å². The fourth-order valence-corrected chi connectivity index (χ4v) is 8.04. The number of ether oxygens (including phenoxy) is 3. The van der Waals surface area contributed by atoms with E-state index in [1.54, 1.807) is 17.1 Å². The summed E-state index contributed by atoms with van der Waals surface area (Å²) in [7, 11) is 1.51. The first-order valence-corrected chi connectivity index (χ1v) is 17.0. The Morgan fingerprint density at radius 1 is 1.02 bits per heavy atom. The van der Waals surface area contributed by atoms with Gasteiger partial charge in [0, 0.05) is 25.8 Å². The highest BCUT2D eigenvalue weighted by molar-refractivity contribution is 6.06. The maximum atomic E-state index is 15.1. The third-order valence-corrected chi connectivity index (χ3v) is 10.3. The summed E-state index contributed by atoms with van der Waals surface area (Å²) < 4.78 is 18.4. The minimum Gasteiger partial charge on any atom is -0.455 e. The first-order valence-electron chi connectivity index (χ1n) is 17.0. The highest BCUT2D eigenvalue weighted by Gasteiger charge is 2.74. The van der Waals surface area contributed by atoms with Crippen LogP contribution in [0.25, 0.3) is 0 Å². The molecule has 3 amide bonds. The summed E-state index contributed by atoms with van der Waals surface area (Å²) in [5.41, 5.74) is 1.64. The van der Waals surface area contributed by atoms with E-state index in [4.69, 9.17) is 14.2 Å². The van der Waals surface area contributed by atoms with Crippen molar-refractivity contribution >= 4 is 29.4 Å². The molecule has 1 spiro atoms. The number of anilines is 1. The van der Waals surface area contributed by atoms with Crippen LogP contribution in [0.4, 0.5) is 5.69 Å². The van der Waals surface area contributed by atoms with Gasteiger partial charge in [-0.1, -0.05) is 79.8 Å². The van der Waals surface area contributed by atoms with Crippen LogP contribution in [-0.4, -0.2) is 90.4 Å². The van der Waals surface area contributed by atoms with E-state index >= 15 is 4.79 Å². The molecule has 0 aliphatic carbocycles. The molecule has 0 radical (unpaired) electrons. The minimum atomic E-state index is -1.46. The Labute approximate surface area is 286 Å². The number of aliphatic hydroxyl groups is 1. The van der Waals surface area contributed by atoms with Crippen molar-refractivity contribution in [3.05, 3.63) is 89.5 Å². The first-order chi connectivity index (χ1) is 23.7. The molecule has 5 bridgehead atoms. The van der Waals surface area contributed by atoms with Gasteiger partial charge in [-0.3, -0.25) is 19.2 Å². The van der Waals surface area contributed by atoms with Gasteiger partial charge in [-0.2, -0.15) is 0 Å². The van der Waals surface area contributed by atoms with Gasteiger partial charge in [0.25, 0.3) is 5.91 Å². The molecule has 0 aromatic heterocycles. The molecule has 0 unspecified atom stereocenters. The maximum absolute atomic E-state index is 15.1. The predicted octanol–water partition coefficient (Wildman–Crippen LogP) is 3.32. The average Bonchev–Trinajstić information content (AvgIpc) is 3.74. The van der Waals surface area contributed by atoms with Crippen molar-refractivity contribution in [2.24, 2.45) is 11.8 Å². The van der Waals surface area contributed by atoms with Gasteiger partial charge in [0.1, 0.15) is 23.7 Å². The Hall–Kier alpha value is -4.32. The first kappa shape index (κ1) is 34.5. The summed E-state index contributed by atoms with van der Waals surface area (Å²) in [5, 5.41) is 13.5. The summed E-state index contributed by atoms with van der Waals surface area (Å²) in [6, 6.07) is 12.3. The number of para-hydroxylation sites is 1. The van der Waals surface area contributed by atoms with Crippen molar-refractivity contribution in [1.82, 2.24) is 10.2 Å². The van der Waals surface area contributed by atoms with Gasteiger partial charge in [-0.05, 0) is 43.4 Å². The predicted molar refractivity (Wildman–Crippen MR) is 181 cm³/mol. The number of aryl methyl sites for hydroxylation is 2. The number of benzene rings is 2. The highest BCUT2D eigenvalue weighted by Crippen LogP contribution is 2.56. The molecule has 11 heteroatoms. The number of aliphatic hydroxyl groups excluding tert-OH is 1. The number of carbonyl (C=O) groups is 4. The van der Waals surface area contributed by atoms with Crippen molar-refractivity contribution < 1.29 is 38.5 Å². The molecule has 8 atom stereocenters. The topological polar surface area (TPSA) is 135 Å². The zero-order chi connectivity index (χ0) is 34.9. The molecule has 49 heavy (non-hydrogen) atoms. The smallest absolute Gasteiger partial charge is 0.313 e. The molecule has 2 N–H and O–H groups in total. The normalized spacial score (nSPS) is 31.4. The number of nitrogens with zero attached hydrogens (tertiary/aromatic N) is 2. The van der Waals surface area contributed by atoms with Crippen LogP contribution in [0.3, 0.4) is 0 Å². The summed E-state index contributed by atoms with van der Waals surface area (Å²) >= 11 is 0. The molecule has 4 aliphatic heterocycles. The largest absolute Gasteiger partial charge is 0.455 e. The molecule has 2 aromatic rings. The van der Waals surface area contributed by atoms with Gasteiger partial charge in [-0.15, -0.1) is 0 Å². The van der Waals surface area contributed by atoms with Crippen LogP contribution in [0, 0.1) is 25.7 Å². The summed E-state index contributed by atoms with van der Waals surface area (Å²) in [5.74, 6) is -3.88. The lowest BCUT2D eigenvalue weighted by molar-refractivity contribution is -0.162. The number of hydrogen-bond donors (Lipinski definition) is 2. The fourth-order valence-electron chi connectivity index (χ4n) is 8.04. The Morgan fingerprint density at radius 2 is 1.76 bits per heavy atom. The highest BCUT2D eigenvalue weighted by atomic mass is 16.6. The Balaban J connectivity index is 1.50. The summed E-state index contributed by atoms with van der Waals surface area (Å²) in [6.07, 6.45) is 6.40. The lowest BCUT2D eigenvalue weighted by atomic mass is 9.74. The number of cyclic esters (lactones) is 1. The van der Waals surface area contributed by atoms with E-state index in [9.17, 15) is 19.5 Å².